The second kappa shape index (κ2) is 13.6. The second-order valence-corrected chi connectivity index (χ2v) is 11.1. The summed E-state index contributed by atoms with van der Waals surface area (Å²) in [7, 11) is 0. The topological polar surface area (TPSA) is 148 Å². The molecule has 1 aromatic heterocycles. The van der Waals surface area contributed by atoms with Gasteiger partial charge in [0.05, 0.1) is 12.6 Å². The van der Waals surface area contributed by atoms with Crippen molar-refractivity contribution in [2.75, 3.05) is 25.0 Å². The zero-order valence-electron chi connectivity index (χ0n) is 22.9. The number of carbonyl (C=O) groups excluding carboxylic acids is 2. The molecule has 1 aliphatic carbocycles. The van der Waals surface area contributed by atoms with E-state index in [9.17, 15) is 19.5 Å². The minimum absolute atomic E-state index is 0.0332. The van der Waals surface area contributed by atoms with Crippen molar-refractivity contribution in [3.63, 3.8) is 0 Å². The van der Waals surface area contributed by atoms with Crippen LogP contribution in [0.15, 0.2) is 12.1 Å². The molecule has 2 aliphatic rings. The zero-order valence-corrected chi connectivity index (χ0v) is 22.9. The first kappa shape index (κ1) is 29.5. The number of aromatic nitrogens is 1. The van der Waals surface area contributed by atoms with E-state index in [-0.39, 0.29) is 25.7 Å². The van der Waals surface area contributed by atoms with Gasteiger partial charge in [0.15, 0.2) is 0 Å². The molecule has 1 aliphatic heterocycles. The van der Waals surface area contributed by atoms with Crippen LogP contribution in [0.4, 0.5) is 15.4 Å². The van der Waals surface area contributed by atoms with Gasteiger partial charge in [0, 0.05) is 25.3 Å². The molecule has 2 amide bonds. The van der Waals surface area contributed by atoms with Crippen molar-refractivity contribution in [1.82, 2.24) is 15.6 Å². The highest BCUT2D eigenvalue weighted by atomic mass is 16.6. The van der Waals surface area contributed by atoms with Crippen LogP contribution in [0.25, 0.3) is 0 Å². The molecule has 0 radical (unpaired) electrons. The predicted octanol–water partition coefficient (Wildman–Crippen LogP) is 3.65. The Balaban J connectivity index is 1.28. The van der Waals surface area contributed by atoms with Crippen LogP contribution in [0.1, 0.15) is 71.1 Å². The summed E-state index contributed by atoms with van der Waals surface area (Å²) in [5.74, 6) is 0.439. The summed E-state index contributed by atoms with van der Waals surface area (Å²) < 4.78 is 16.1. The van der Waals surface area contributed by atoms with E-state index in [0.29, 0.717) is 5.92 Å². The molecule has 0 spiro atoms. The number of pyridine rings is 1. The number of amides is 2. The SMILES string of the molecule is C[C@H](CNC(=O)OC(C)(C)C)OC(=O)N[C@@H](CCO[C@H]1C[C@H](CCc2ccc3c(n2)NCCC3)C1)C(=O)O. The van der Waals surface area contributed by atoms with Crippen LogP contribution >= 0.6 is 0 Å². The van der Waals surface area contributed by atoms with Crippen LogP contribution in [0.2, 0.25) is 0 Å². The van der Waals surface area contributed by atoms with Crippen LogP contribution in [0, 0.1) is 5.92 Å². The predicted molar refractivity (Wildman–Crippen MR) is 141 cm³/mol. The van der Waals surface area contributed by atoms with Crippen LogP contribution in [-0.2, 0) is 31.8 Å². The highest BCUT2D eigenvalue weighted by Crippen LogP contribution is 2.34. The lowest BCUT2D eigenvalue weighted by atomic mass is 9.79. The number of hydrogen-bond donors (Lipinski definition) is 4. The number of nitrogens with zero attached hydrogens (tertiary/aromatic N) is 1. The number of carboxylic acid groups (broad SMARTS) is 1. The zero-order chi connectivity index (χ0) is 27.7. The first-order valence-electron chi connectivity index (χ1n) is 13.5. The maximum atomic E-state index is 12.1. The number of carbonyl (C=O) groups is 3. The molecule has 1 fully saturated rings. The van der Waals surface area contributed by atoms with E-state index in [2.05, 4.69) is 28.1 Å². The van der Waals surface area contributed by atoms with Crippen LogP contribution in [0.3, 0.4) is 0 Å². The van der Waals surface area contributed by atoms with E-state index >= 15 is 0 Å². The first-order valence-corrected chi connectivity index (χ1v) is 13.5. The third-order valence-electron chi connectivity index (χ3n) is 6.54. The third-order valence-corrected chi connectivity index (χ3v) is 6.54. The van der Waals surface area contributed by atoms with Gasteiger partial charge in [-0.25, -0.2) is 19.4 Å². The van der Waals surface area contributed by atoms with Crippen molar-refractivity contribution in [2.45, 2.75) is 96.5 Å². The van der Waals surface area contributed by atoms with E-state index < -0.39 is 35.9 Å². The number of ether oxygens (including phenoxy) is 3. The van der Waals surface area contributed by atoms with Crippen LogP contribution < -0.4 is 16.0 Å². The van der Waals surface area contributed by atoms with Crippen molar-refractivity contribution >= 4 is 24.0 Å². The summed E-state index contributed by atoms with van der Waals surface area (Å²) in [6, 6.07) is 3.18. The number of fused-ring (bicyclic) bond motifs is 1. The summed E-state index contributed by atoms with van der Waals surface area (Å²) in [4.78, 5) is 40.2. The summed E-state index contributed by atoms with van der Waals surface area (Å²) in [6.45, 7) is 8.05. The Bertz CT molecular complexity index is 959. The molecular weight excluding hydrogens is 492 g/mol. The molecule has 1 aromatic rings. The van der Waals surface area contributed by atoms with Crippen molar-refractivity contribution in [2.24, 2.45) is 5.92 Å². The highest BCUT2D eigenvalue weighted by Gasteiger charge is 2.30. The van der Waals surface area contributed by atoms with Gasteiger partial charge in [-0.2, -0.15) is 0 Å². The molecule has 38 heavy (non-hydrogen) atoms. The number of aryl methyl sites for hydroxylation is 2. The number of nitrogens with one attached hydrogen (secondary N) is 3. The average Bonchev–Trinajstić information content (AvgIpc) is 2.81. The van der Waals surface area contributed by atoms with Gasteiger partial charge in [0.25, 0.3) is 0 Å². The lowest BCUT2D eigenvalue weighted by Crippen LogP contribution is -2.44. The minimum atomic E-state index is -1.16. The maximum Gasteiger partial charge on any atom is 0.408 e. The monoisotopic (exact) mass is 534 g/mol. The number of rotatable bonds is 12. The van der Waals surface area contributed by atoms with E-state index in [1.54, 1.807) is 27.7 Å². The minimum Gasteiger partial charge on any atom is -0.480 e. The highest BCUT2D eigenvalue weighted by molar-refractivity contribution is 5.79. The lowest BCUT2D eigenvalue weighted by molar-refractivity contribution is -0.140. The van der Waals surface area contributed by atoms with Gasteiger partial charge in [0.2, 0.25) is 0 Å². The standard InChI is InChI=1S/C27H42N4O7/c1-17(16-29-25(34)38-27(2,3)4)37-26(35)31-22(24(32)33)11-13-36-21-14-18(15-21)7-9-20-10-8-19-6-5-12-28-23(19)30-20/h8,10,17-18,21-22H,5-7,9,11-16H2,1-4H3,(H,28,30)(H,29,34)(H,31,35)(H,32,33)/t17-,18-,21-,22+/m1/s1. The number of carboxylic acids is 1. The Kier molecular flexibility index (Phi) is 10.6. The van der Waals surface area contributed by atoms with E-state index in [0.717, 1.165) is 56.6 Å². The molecule has 1 saturated carbocycles. The quantitative estimate of drug-likeness (QED) is 0.315. The van der Waals surface area contributed by atoms with Crippen molar-refractivity contribution in [3.05, 3.63) is 23.4 Å². The van der Waals surface area contributed by atoms with Crippen molar-refractivity contribution < 1.29 is 33.7 Å². The lowest BCUT2D eigenvalue weighted by Gasteiger charge is -2.35. The fraction of sp³-hybridized carbons (Fsp3) is 0.704. The summed E-state index contributed by atoms with van der Waals surface area (Å²) >= 11 is 0. The molecule has 2 heterocycles. The summed E-state index contributed by atoms with van der Waals surface area (Å²) in [6.07, 6.45) is 4.18. The van der Waals surface area contributed by atoms with Crippen LogP contribution in [0.5, 0.6) is 0 Å². The Morgan fingerprint density at radius 3 is 2.68 bits per heavy atom. The van der Waals surface area contributed by atoms with E-state index in [1.165, 1.54) is 5.56 Å². The maximum absolute atomic E-state index is 12.1. The Morgan fingerprint density at radius 1 is 1.21 bits per heavy atom. The summed E-state index contributed by atoms with van der Waals surface area (Å²) in [5.41, 5.74) is 1.77. The molecule has 0 aromatic carbocycles. The van der Waals surface area contributed by atoms with Gasteiger partial charge in [-0.3, -0.25) is 0 Å². The Morgan fingerprint density at radius 2 is 1.97 bits per heavy atom. The average molecular weight is 535 g/mol. The molecule has 0 bridgehead atoms. The van der Waals surface area contributed by atoms with Crippen molar-refractivity contribution in [1.29, 1.82) is 0 Å². The smallest absolute Gasteiger partial charge is 0.408 e. The molecule has 212 valence electrons. The number of aliphatic carboxylic acids is 1. The van der Waals surface area contributed by atoms with E-state index in [4.69, 9.17) is 19.2 Å². The number of alkyl carbamates (subject to hydrolysis) is 2. The van der Waals surface area contributed by atoms with Gasteiger partial charge < -0.3 is 35.3 Å². The fourth-order valence-corrected chi connectivity index (χ4v) is 4.46. The first-order chi connectivity index (χ1) is 18.0. The van der Waals surface area contributed by atoms with Gasteiger partial charge >= 0.3 is 18.2 Å². The molecule has 11 heteroatoms. The van der Waals surface area contributed by atoms with Crippen LogP contribution in [-0.4, -0.2) is 71.8 Å². The van der Waals surface area contributed by atoms with Gasteiger partial charge in [-0.05, 0) is 83.8 Å². The van der Waals surface area contributed by atoms with E-state index in [1.807, 2.05) is 0 Å². The second-order valence-electron chi connectivity index (χ2n) is 11.1. The molecule has 2 atom stereocenters. The molecule has 11 nitrogen and oxygen atoms in total. The Hall–Kier alpha value is -3.08. The Labute approximate surface area is 224 Å². The molecule has 3 rings (SSSR count). The van der Waals surface area contributed by atoms with Gasteiger partial charge in [-0.15, -0.1) is 0 Å². The van der Waals surface area contributed by atoms with Crippen molar-refractivity contribution in [3.8, 4) is 0 Å². The molecule has 4 N–H and O–H groups in total. The van der Waals surface area contributed by atoms with Gasteiger partial charge in [0.1, 0.15) is 23.6 Å². The largest absolute Gasteiger partial charge is 0.480 e. The van der Waals surface area contributed by atoms with Gasteiger partial charge in [-0.1, -0.05) is 6.07 Å². The number of anilines is 1. The molecule has 0 saturated heterocycles. The number of hydrogen-bond acceptors (Lipinski definition) is 8. The molecular formula is C27H42N4O7. The summed E-state index contributed by atoms with van der Waals surface area (Å²) in [5, 5.41) is 17.7. The third kappa shape index (κ3) is 10.00. The normalized spacial score (nSPS) is 20.1. The fourth-order valence-electron chi connectivity index (χ4n) is 4.46. The molecule has 0 unspecified atom stereocenters.